The molecule has 3 rings (SSSR count). The Morgan fingerprint density at radius 2 is 1.81 bits per heavy atom. The fraction of sp³-hybridized carbons (Fsp3) is 0.389. The van der Waals surface area contributed by atoms with Gasteiger partial charge in [0.15, 0.2) is 17.0 Å². The van der Waals surface area contributed by atoms with Gasteiger partial charge in [0.2, 0.25) is 0 Å². The van der Waals surface area contributed by atoms with Crippen molar-refractivity contribution in [3.05, 3.63) is 41.2 Å². The third kappa shape index (κ3) is 4.64. The summed E-state index contributed by atoms with van der Waals surface area (Å²) in [6.45, 7) is 0.647. The molecular formula is C18H16F7N5O. The molecule has 0 fully saturated rings. The van der Waals surface area contributed by atoms with E-state index < -0.39 is 49.2 Å². The van der Waals surface area contributed by atoms with Gasteiger partial charge in [-0.05, 0) is 25.0 Å². The Balaban J connectivity index is 1.78. The van der Waals surface area contributed by atoms with Crippen molar-refractivity contribution in [3.63, 3.8) is 0 Å². The molecule has 0 aliphatic heterocycles. The van der Waals surface area contributed by atoms with Gasteiger partial charge in [-0.1, -0.05) is 6.07 Å². The van der Waals surface area contributed by atoms with Crippen LogP contribution in [0.15, 0.2) is 18.5 Å². The summed E-state index contributed by atoms with van der Waals surface area (Å²) < 4.78 is 97.1. The molecular weight excluding hydrogens is 435 g/mol. The van der Waals surface area contributed by atoms with Gasteiger partial charge in [-0.15, -0.1) is 0 Å². The van der Waals surface area contributed by atoms with Crippen molar-refractivity contribution in [2.75, 3.05) is 12.3 Å². The zero-order valence-electron chi connectivity index (χ0n) is 16.0. The average molecular weight is 451 g/mol. The Bertz CT molecular complexity index is 1100. The van der Waals surface area contributed by atoms with E-state index in [1.807, 2.05) is 0 Å². The number of rotatable bonds is 7. The molecule has 0 aliphatic carbocycles. The van der Waals surface area contributed by atoms with E-state index in [4.69, 9.17) is 10.5 Å². The zero-order valence-corrected chi connectivity index (χ0v) is 16.0. The second-order valence-electron chi connectivity index (χ2n) is 6.75. The fourth-order valence-corrected chi connectivity index (χ4v) is 2.76. The van der Waals surface area contributed by atoms with Gasteiger partial charge in [0.25, 0.3) is 0 Å². The Morgan fingerprint density at radius 1 is 1.10 bits per heavy atom. The van der Waals surface area contributed by atoms with Crippen LogP contribution in [0.2, 0.25) is 0 Å². The van der Waals surface area contributed by atoms with Crippen molar-refractivity contribution in [1.82, 2.24) is 19.5 Å². The zero-order chi connectivity index (χ0) is 23.0. The number of fused-ring (bicyclic) bond motifs is 1. The van der Waals surface area contributed by atoms with Crippen LogP contribution in [0, 0.1) is 18.6 Å². The summed E-state index contributed by atoms with van der Waals surface area (Å²) >= 11 is 0. The first kappa shape index (κ1) is 22.6. The summed E-state index contributed by atoms with van der Waals surface area (Å²) in [7, 11) is 0. The summed E-state index contributed by atoms with van der Waals surface area (Å²) in [5.74, 6) is -6.54. The number of hydrogen-bond acceptors (Lipinski definition) is 5. The largest absolute Gasteiger partial charge is 0.463 e. The van der Waals surface area contributed by atoms with E-state index in [2.05, 4.69) is 15.0 Å². The molecule has 0 aliphatic rings. The molecule has 0 saturated heterocycles. The molecule has 2 heterocycles. The Kier molecular flexibility index (Phi) is 5.96. The number of ether oxygens (including phenoxy) is 1. The van der Waals surface area contributed by atoms with Crippen molar-refractivity contribution in [3.8, 4) is 6.01 Å². The predicted molar refractivity (Wildman–Crippen MR) is 95.7 cm³/mol. The van der Waals surface area contributed by atoms with Gasteiger partial charge >= 0.3 is 18.1 Å². The molecule has 0 saturated carbocycles. The number of aromatic nitrogens is 4. The molecule has 1 aromatic carbocycles. The Morgan fingerprint density at radius 3 is 2.48 bits per heavy atom. The maximum atomic E-state index is 14.3. The number of alkyl halides is 5. The summed E-state index contributed by atoms with van der Waals surface area (Å²) in [5, 5.41) is 0. The molecule has 0 amide bonds. The maximum absolute atomic E-state index is 14.3. The van der Waals surface area contributed by atoms with Crippen LogP contribution in [0.5, 0.6) is 6.01 Å². The predicted octanol–water partition coefficient (Wildman–Crippen LogP) is 4.40. The van der Waals surface area contributed by atoms with E-state index in [1.54, 1.807) is 0 Å². The SMILES string of the molecule is Cc1ccc(F)c(Cn2cnc3c(N)nc(OCCCC(F)(F)C(F)(F)F)nc32)c1F. The molecule has 0 bridgehead atoms. The standard InChI is InChI=1S/C18H16F7N5O/c1-9-3-4-11(19)10(12(9)20)7-30-8-27-13-14(26)28-16(29-15(13)30)31-6-2-5-17(21,22)18(23,24)25/h3-4,8H,2,5-7H2,1H3,(H2,26,28,29). The van der Waals surface area contributed by atoms with Crippen LogP contribution in [-0.4, -0.2) is 38.2 Å². The van der Waals surface area contributed by atoms with E-state index in [-0.39, 0.29) is 34.7 Å². The lowest BCUT2D eigenvalue weighted by Crippen LogP contribution is -2.36. The summed E-state index contributed by atoms with van der Waals surface area (Å²) in [6.07, 6.45) is -6.53. The van der Waals surface area contributed by atoms with E-state index >= 15 is 0 Å². The van der Waals surface area contributed by atoms with Gasteiger partial charge in [0.1, 0.15) is 11.6 Å². The highest BCUT2D eigenvalue weighted by Gasteiger charge is 2.56. The van der Waals surface area contributed by atoms with Crippen LogP contribution < -0.4 is 10.5 Å². The van der Waals surface area contributed by atoms with Crippen LogP contribution in [0.4, 0.5) is 36.6 Å². The topological polar surface area (TPSA) is 78.9 Å². The molecule has 3 aromatic rings. The fourth-order valence-electron chi connectivity index (χ4n) is 2.76. The van der Waals surface area contributed by atoms with Crippen LogP contribution in [-0.2, 0) is 6.54 Å². The second kappa shape index (κ2) is 8.19. The highest BCUT2D eigenvalue weighted by molar-refractivity contribution is 5.82. The first-order valence-electron chi connectivity index (χ1n) is 8.90. The number of benzene rings is 1. The number of nitrogens with zero attached hydrogens (tertiary/aromatic N) is 4. The quantitative estimate of drug-likeness (QED) is 0.426. The number of anilines is 1. The van der Waals surface area contributed by atoms with Gasteiger partial charge in [-0.2, -0.15) is 31.9 Å². The van der Waals surface area contributed by atoms with Crippen LogP contribution in [0.25, 0.3) is 11.2 Å². The summed E-state index contributed by atoms with van der Waals surface area (Å²) in [5.41, 5.74) is 5.89. The van der Waals surface area contributed by atoms with E-state index in [0.717, 1.165) is 6.07 Å². The molecule has 31 heavy (non-hydrogen) atoms. The lowest BCUT2D eigenvalue weighted by molar-refractivity contribution is -0.284. The van der Waals surface area contributed by atoms with Crippen LogP contribution >= 0.6 is 0 Å². The number of nitrogens with two attached hydrogens (primary N) is 1. The highest BCUT2D eigenvalue weighted by atomic mass is 19.4. The number of nitrogen functional groups attached to an aromatic ring is 1. The number of aryl methyl sites for hydroxylation is 1. The monoisotopic (exact) mass is 451 g/mol. The third-order valence-corrected chi connectivity index (χ3v) is 4.46. The Hall–Kier alpha value is -3.12. The van der Waals surface area contributed by atoms with Crippen LogP contribution in [0.1, 0.15) is 24.0 Å². The molecule has 0 atom stereocenters. The van der Waals surface area contributed by atoms with Gasteiger partial charge in [-0.25, -0.2) is 13.8 Å². The summed E-state index contributed by atoms with van der Waals surface area (Å²) in [4.78, 5) is 11.7. The molecule has 0 radical (unpaired) electrons. The van der Waals surface area contributed by atoms with Crippen LogP contribution in [0.3, 0.4) is 0 Å². The number of hydrogen-bond donors (Lipinski definition) is 1. The molecule has 0 unspecified atom stereocenters. The minimum absolute atomic E-state index is 0.0448. The van der Waals surface area contributed by atoms with E-state index in [1.165, 1.54) is 23.9 Å². The summed E-state index contributed by atoms with van der Waals surface area (Å²) in [6, 6.07) is 2.00. The average Bonchev–Trinajstić information content (AvgIpc) is 3.08. The van der Waals surface area contributed by atoms with Crippen molar-refractivity contribution < 1.29 is 35.5 Å². The smallest absolute Gasteiger partial charge is 0.453 e. The maximum Gasteiger partial charge on any atom is 0.453 e. The molecule has 2 aromatic heterocycles. The molecule has 168 valence electrons. The second-order valence-corrected chi connectivity index (χ2v) is 6.75. The number of imidazole rings is 1. The molecule has 0 spiro atoms. The number of halogens is 7. The van der Waals surface area contributed by atoms with Crippen molar-refractivity contribution in [1.29, 1.82) is 0 Å². The highest BCUT2D eigenvalue weighted by Crippen LogP contribution is 2.38. The lowest BCUT2D eigenvalue weighted by atomic mass is 10.1. The van der Waals surface area contributed by atoms with E-state index in [0.29, 0.717) is 0 Å². The molecule has 13 heteroatoms. The minimum atomic E-state index is -5.65. The first-order chi connectivity index (χ1) is 14.4. The normalized spacial score (nSPS) is 12.5. The van der Waals surface area contributed by atoms with Crippen molar-refractivity contribution in [2.24, 2.45) is 0 Å². The third-order valence-electron chi connectivity index (χ3n) is 4.46. The van der Waals surface area contributed by atoms with Crippen molar-refractivity contribution >= 4 is 17.0 Å². The van der Waals surface area contributed by atoms with Gasteiger partial charge in [0.05, 0.1) is 19.5 Å². The molecule has 2 N–H and O–H groups in total. The van der Waals surface area contributed by atoms with Gasteiger partial charge < -0.3 is 15.0 Å². The molecule has 6 nitrogen and oxygen atoms in total. The van der Waals surface area contributed by atoms with Gasteiger partial charge in [-0.3, -0.25) is 0 Å². The Labute approximate surface area is 170 Å². The van der Waals surface area contributed by atoms with Gasteiger partial charge in [0, 0.05) is 12.0 Å². The lowest BCUT2D eigenvalue weighted by Gasteiger charge is -2.19. The van der Waals surface area contributed by atoms with Crippen molar-refractivity contribution in [2.45, 2.75) is 38.4 Å². The minimum Gasteiger partial charge on any atom is -0.463 e. The first-order valence-corrected chi connectivity index (χ1v) is 8.90. The van der Waals surface area contributed by atoms with E-state index in [9.17, 15) is 30.7 Å².